The van der Waals surface area contributed by atoms with Gasteiger partial charge >= 0.3 is 0 Å². The van der Waals surface area contributed by atoms with E-state index in [1.165, 1.54) is 39.0 Å². The van der Waals surface area contributed by atoms with Gasteiger partial charge in [-0.15, -0.1) is 5.10 Å². The van der Waals surface area contributed by atoms with Crippen molar-refractivity contribution in [1.29, 1.82) is 0 Å². The summed E-state index contributed by atoms with van der Waals surface area (Å²) in [5, 5.41) is 8.22. The maximum absolute atomic E-state index is 4.70. The Morgan fingerprint density at radius 3 is 2.73 bits per heavy atom. The first-order valence-electron chi connectivity index (χ1n) is 10.7. The van der Waals surface area contributed by atoms with Gasteiger partial charge in [0.05, 0.1) is 11.7 Å². The van der Waals surface area contributed by atoms with Crippen LogP contribution in [0.4, 0.5) is 5.95 Å². The number of imidazole rings is 1. The monoisotopic (exact) mass is 402 g/mol. The third-order valence-electron chi connectivity index (χ3n) is 6.62. The molecule has 0 amide bonds. The summed E-state index contributed by atoms with van der Waals surface area (Å²) < 4.78 is 3.95. The number of hydrogen-bond donors (Lipinski definition) is 1. The van der Waals surface area contributed by atoms with Crippen molar-refractivity contribution in [3.63, 3.8) is 0 Å². The standard InChI is InChI=1S/C22H26N8/c1-27-8-10-28(11-9-27)18-12-17(13-18)25-22-24-14-20-19(4-6-30(20)26-22)16-2-3-21-23-5-7-29(21)15-16/h2-7,14-15,17-18H,8-13H2,1H3,(H,25,26). The molecule has 1 saturated heterocycles. The van der Waals surface area contributed by atoms with Crippen LogP contribution in [0.15, 0.2) is 49.2 Å². The number of nitrogens with zero attached hydrogens (tertiary/aromatic N) is 7. The fraction of sp³-hybridized carbons (Fsp3) is 0.409. The van der Waals surface area contributed by atoms with E-state index in [9.17, 15) is 0 Å². The van der Waals surface area contributed by atoms with Crippen LogP contribution in [0.1, 0.15) is 12.8 Å². The molecule has 1 aliphatic heterocycles. The Morgan fingerprint density at radius 1 is 1.00 bits per heavy atom. The van der Waals surface area contributed by atoms with Crippen molar-refractivity contribution in [3.05, 3.63) is 49.2 Å². The number of anilines is 1. The largest absolute Gasteiger partial charge is 0.350 e. The lowest BCUT2D eigenvalue weighted by Gasteiger charge is -2.46. The third kappa shape index (κ3) is 3.12. The quantitative estimate of drug-likeness (QED) is 0.565. The predicted octanol–water partition coefficient (Wildman–Crippen LogP) is 2.23. The van der Waals surface area contributed by atoms with Crippen LogP contribution in [0.3, 0.4) is 0 Å². The van der Waals surface area contributed by atoms with E-state index in [-0.39, 0.29) is 0 Å². The topological polar surface area (TPSA) is 66.0 Å². The van der Waals surface area contributed by atoms with Crippen LogP contribution < -0.4 is 5.32 Å². The van der Waals surface area contributed by atoms with Crippen LogP contribution in [0.25, 0.3) is 22.3 Å². The molecular formula is C22H26N8. The van der Waals surface area contributed by atoms with E-state index in [0.717, 1.165) is 22.3 Å². The van der Waals surface area contributed by atoms with Gasteiger partial charge in [-0.2, -0.15) is 0 Å². The van der Waals surface area contributed by atoms with Crippen molar-refractivity contribution >= 4 is 17.1 Å². The molecule has 30 heavy (non-hydrogen) atoms. The average molecular weight is 403 g/mol. The average Bonchev–Trinajstić information content (AvgIpc) is 3.37. The molecule has 2 aliphatic rings. The summed E-state index contributed by atoms with van der Waals surface area (Å²) in [6, 6.07) is 7.39. The van der Waals surface area contributed by atoms with Crippen LogP contribution >= 0.6 is 0 Å². The summed E-state index contributed by atoms with van der Waals surface area (Å²) in [4.78, 5) is 14.0. The smallest absolute Gasteiger partial charge is 0.241 e. The molecule has 0 aromatic carbocycles. The molecular weight excluding hydrogens is 376 g/mol. The minimum Gasteiger partial charge on any atom is -0.350 e. The zero-order valence-electron chi connectivity index (χ0n) is 17.1. The van der Waals surface area contributed by atoms with E-state index in [1.807, 2.05) is 39.8 Å². The van der Waals surface area contributed by atoms with Gasteiger partial charge in [-0.25, -0.2) is 14.5 Å². The van der Waals surface area contributed by atoms with Crippen LogP contribution in [0, 0.1) is 0 Å². The van der Waals surface area contributed by atoms with Crippen LogP contribution in [-0.2, 0) is 0 Å². The zero-order chi connectivity index (χ0) is 20.1. The molecule has 5 heterocycles. The highest BCUT2D eigenvalue weighted by Crippen LogP contribution is 2.29. The van der Waals surface area contributed by atoms with E-state index in [0.29, 0.717) is 18.0 Å². The fourth-order valence-electron chi connectivity index (χ4n) is 4.66. The summed E-state index contributed by atoms with van der Waals surface area (Å²) in [5.41, 5.74) is 4.20. The second-order valence-corrected chi connectivity index (χ2v) is 8.56. The number of piperazine rings is 1. The molecule has 0 radical (unpaired) electrons. The molecule has 8 nitrogen and oxygen atoms in total. The molecule has 0 spiro atoms. The Balaban J connectivity index is 1.15. The Bertz CT molecular complexity index is 1180. The molecule has 0 bridgehead atoms. The number of nitrogens with one attached hydrogen (secondary N) is 1. The highest BCUT2D eigenvalue weighted by atomic mass is 15.3. The highest BCUT2D eigenvalue weighted by Gasteiger charge is 2.35. The Kier molecular flexibility index (Phi) is 4.21. The first kappa shape index (κ1) is 17.9. The fourth-order valence-corrected chi connectivity index (χ4v) is 4.66. The van der Waals surface area contributed by atoms with Crippen molar-refractivity contribution in [3.8, 4) is 11.1 Å². The predicted molar refractivity (Wildman–Crippen MR) is 117 cm³/mol. The molecule has 0 atom stereocenters. The second-order valence-electron chi connectivity index (χ2n) is 8.56. The number of pyridine rings is 1. The molecule has 1 N–H and O–H groups in total. The van der Waals surface area contributed by atoms with Crippen LogP contribution in [0.5, 0.6) is 0 Å². The Morgan fingerprint density at radius 2 is 1.87 bits per heavy atom. The summed E-state index contributed by atoms with van der Waals surface area (Å²) in [5.74, 6) is 0.705. The first-order chi connectivity index (χ1) is 14.7. The molecule has 154 valence electrons. The number of hydrogen-bond acceptors (Lipinski definition) is 6. The molecule has 1 aliphatic carbocycles. The number of aromatic nitrogens is 5. The number of fused-ring (bicyclic) bond motifs is 2. The number of likely N-dealkylation sites (N-methyl/N-ethyl adjacent to an activating group) is 1. The maximum Gasteiger partial charge on any atom is 0.241 e. The highest BCUT2D eigenvalue weighted by molar-refractivity contribution is 5.80. The summed E-state index contributed by atoms with van der Waals surface area (Å²) >= 11 is 0. The maximum atomic E-state index is 4.70. The van der Waals surface area contributed by atoms with Crippen LogP contribution in [-0.4, -0.2) is 79.1 Å². The SMILES string of the molecule is CN1CCN(C2CC(Nc3ncc4c(-c5ccc6nccn6c5)ccn4n3)C2)CC1. The molecule has 0 unspecified atom stereocenters. The summed E-state index contributed by atoms with van der Waals surface area (Å²) in [6.45, 7) is 4.73. The van der Waals surface area contributed by atoms with Gasteiger partial charge in [0.25, 0.3) is 0 Å². The second kappa shape index (κ2) is 7.07. The van der Waals surface area contributed by atoms with Gasteiger partial charge in [0.2, 0.25) is 5.95 Å². The van der Waals surface area contributed by atoms with E-state index >= 15 is 0 Å². The molecule has 1 saturated carbocycles. The lowest BCUT2D eigenvalue weighted by atomic mass is 9.85. The molecule has 6 rings (SSSR count). The first-order valence-corrected chi connectivity index (χ1v) is 10.7. The van der Waals surface area contributed by atoms with Crippen molar-refractivity contribution in [1.82, 2.24) is 33.8 Å². The lowest BCUT2D eigenvalue weighted by molar-refractivity contribution is 0.0656. The van der Waals surface area contributed by atoms with E-state index in [2.05, 4.69) is 50.5 Å². The van der Waals surface area contributed by atoms with E-state index in [4.69, 9.17) is 5.10 Å². The Labute approximate surface area is 175 Å². The van der Waals surface area contributed by atoms with Crippen molar-refractivity contribution in [2.45, 2.75) is 24.9 Å². The number of rotatable bonds is 4. The van der Waals surface area contributed by atoms with E-state index in [1.54, 1.807) is 0 Å². The van der Waals surface area contributed by atoms with Gasteiger partial charge < -0.3 is 14.6 Å². The van der Waals surface area contributed by atoms with Crippen molar-refractivity contribution in [2.24, 2.45) is 0 Å². The minimum atomic E-state index is 0.464. The normalized spacial score (nSPS) is 23.1. The molecule has 4 aromatic rings. The van der Waals surface area contributed by atoms with Gasteiger partial charge in [-0.3, -0.25) is 4.90 Å². The molecule has 2 fully saturated rings. The Hall–Kier alpha value is -2.97. The van der Waals surface area contributed by atoms with Crippen LogP contribution in [0.2, 0.25) is 0 Å². The summed E-state index contributed by atoms with van der Waals surface area (Å²) in [6.07, 6.45) is 12.1. The third-order valence-corrected chi connectivity index (χ3v) is 6.62. The molecule has 4 aromatic heterocycles. The summed E-state index contributed by atoms with van der Waals surface area (Å²) in [7, 11) is 2.21. The minimum absolute atomic E-state index is 0.464. The van der Waals surface area contributed by atoms with Gasteiger partial charge in [0.1, 0.15) is 5.65 Å². The van der Waals surface area contributed by atoms with Gasteiger partial charge in [0.15, 0.2) is 0 Å². The lowest BCUT2D eigenvalue weighted by Crippen LogP contribution is -2.55. The van der Waals surface area contributed by atoms with Gasteiger partial charge in [-0.05, 0) is 38.1 Å². The van der Waals surface area contributed by atoms with Gasteiger partial charge in [-0.1, -0.05) is 0 Å². The molecule has 8 heteroatoms. The van der Waals surface area contributed by atoms with Gasteiger partial charge in [0, 0.05) is 74.2 Å². The van der Waals surface area contributed by atoms with Crippen molar-refractivity contribution < 1.29 is 0 Å². The zero-order valence-corrected chi connectivity index (χ0v) is 17.1. The van der Waals surface area contributed by atoms with Crippen molar-refractivity contribution in [2.75, 3.05) is 38.5 Å². The van der Waals surface area contributed by atoms with E-state index < -0.39 is 0 Å².